The van der Waals surface area contributed by atoms with Crippen molar-refractivity contribution in [1.29, 1.82) is 0 Å². The van der Waals surface area contributed by atoms with Crippen molar-refractivity contribution in [2.24, 2.45) is 0 Å². The molecule has 0 aromatic rings. The maximum absolute atomic E-state index is 12.5. The molecule has 0 aromatic heterocycles. The fourth-order valence-electron chi connectivity index (χ4n) is 9.16. The summed E-state index contributed by atoms with van der Waals surface area (Å²) in [5.74, 6) is -0.0419. The van der Waals surface area contributed by atoms with Crippen molar-refractivity contribution in [2.45, 2.75) is 334 Å². The SMILES string of the molecule is CCCCCCC/C=C\CCCCCCCC(=O)OCCCCCCCCCCCC/C=C\CCCCCCCCCC(=O)NC(CO)C(O)CCCCCCCCCCCCCCCC. The Kier molecular flexibility index (Phi) is 54.5. The Hall–Kier alpha value is -1.66. The van der Waals surface area contributed by atoms with Crippen LogP contribution in [0.25, 0.3) is 0 Å². The van der Waals surface area contributed by atoms with Crippen LogP contribution in [0.4, 0.5) is 0 Å². The van der Waals surface area contributed by atoms with Gasteiger partial charge in [-0.1, -0.05) is 256 Å². The van der Waals surface area contributed by atoms with Crippen molar-refractivity contribution in [2.75, 3.05) is 13.2 Å². The number of carbonyl (C=O) groups is 2. The highest BCUT2D eigenvalue weighted by Crippen LogP contribution is 2.17. The van der Waals surface area contributed by atoms with E-state index in [2.05, 4.69) is 43.5 Å². The van der Waals surface area contributed by atoms with E-state index < -0.39 is 12.1 Å². The third kappa shape index (κ3) is 51.7. The highest BCUT2D eigenvalue weighted by Gasteiger charge is 2.20. The molecule has 6 nitrogen and oxygen atoms in total. The van der Waals surface area contributed by atoms with Crippen molar-refractivity contribution >= 4 is 11.9 Å². The molecule has 0 radical (unpaired) electrons. The lowest BCUT2D eigenvalue weighted by Gasteiger charge is -2.22. The van der Waals surface area contributed by atoms with Crippen molar-refractivity contribution in [1.82, 2.24) is 5.32 Å². The molecule has 0 spiro atoms. The third-order valence-electron chi connectivity index (χ3n) is 13.7. The topological polar surface area (TPSA) is 95.9 Å². The van der Waals surface area contributed by atoms with Crippen LogP contribution in [0, 0.1) is 0 Å². The van der Waals surface area contributed by atoms with Crippen LogP contribution in [0.2, 0.25) is 0 Å². The van der Waals surface area contributed by atoms with E-state index in [1.54, 1.807) is 0 Å². The van der Waals surface area contributed by atoms with E-state index in [4.69, 9.17) is 4.74 Å². The van der Waals surface area contributed by atoms with Crippen LogP contribution in [0.1, 0.15) is 322 Å². The number of rotatable bonds is 55. The maximum atomic E-state index is 12.5. The van der Waals surface area contributed by atoms with Crippen molar-refractivity contribution in [3.63, 3.8) is 0 Å². The normalized spacial score (nSPS) is 12.7. The lowest BCUT2D eigenvalue weighted by molar-refractivity contribution is -0.143. The molecule has 0 aliphatic carbocycles. The second-order valence-electron chi connectivity index (χ2n) is 20.3. The largest absolute Gasteiger partial charge is 0.466 e. The van der Waals surface area contributed by atoms with Gasteiger partial charge in [0.05, 0.1) is 25.4 Å². The van der Waals surface area contributed by atoms with E-state index in [1.165, 1.54) is 244 Å². The zero-order chi connectivity index (χ0) is 47.9. The van der Waals surface area contributed by atoms with Crippen molar-refractivity contribution < 1.29 is 24.5 Å². The molecule has 3 N–H and O–H groups in total. The van der Waals surface area contributed by atoms with Crippen LogP contribution in [0.3, 0.4) is 0 Å². The molecule has 2 unspecified atom stereocenters. The number of unbranched alkanes of at least 4 members (excludes halogenated alkanes) is 40. The summed E-state index contributed by atoms with van der Waals surface area (Å²) in [5, 5.41) is 23.2. The number of esters is 1. The Labute approximate surface area is 411 Å². The monoisotopic (exact) mass is 930 g/mol. The summed E-state index contributed by atoms with van der Waals surface area (Å²) >= 11 is 0. The first-order chi connectivity index (χ1) is 32.5. The van der Waals surface area contributed by atoms with Gasteiger partial charge in [-0.15, -0.1) is 0 Å². The number of allylic oxidation sites excluding steroid dienone is 4. The van der Waals surface area contributed by atoms with Gasteiger partial charge in [-0.25, -0.2) is 0 Å². The van der Waals surface area contributed by atoms with Crippen LogP contribution in [-0.2, 0) is 14.3 Å². The van der Waals surface area contributed by atoms with Gasteiger partial charge in [0.2, 0.25) is 5.91 Å². The van der Waals surface area contributed by atoms with Crippen LogP contribution >= 0.6 is 0 Å². The molecule has 6 heteroatoms. The minimum absolute atomic E-state index is 0.000153. The number of carbonyl (C=O) groups excluding carboxylic acids is 2. The number of hydrogen-bond acceptors (Lipinski definition) is 5. The maximum Gasteiger partial charge on any atom is 0.305 e. The minimum atomic E-state index is -0.668. The molecule has 0 aliphatic heterocycles. The predicted octanol–water partition coefficient (Wildman–Crippen LogP) is 18.2. The molecule has 0 heterocycles. The molecule has 390 valence electrons. The molecule has 0 aromatic carbocycles. The molecule has 1 amide bonds. The fraction of sp³-hybridized carbons (Fsp3) is 0.900. The Morgan fingerprint density at radius 1 is 0.409 bits per heavy atom. The van der Waals surface area contributed by atoms with Gasteiger partial charge in [0.25, 0.3) is 0 Å². The van der Waals surface area contributed by atoms with E-state index >= 15 is 0 Å². The van der Waals surface area contributed by atoms with Gasteiger partial charge in [-0.3, -0.25) is 9.59 Å². The predicted molar refractivity (Wildman–Crippen MR) is 287 cm³/mol. The summed E-state index contributed by atoms with van der Waals surface area (Å²) in [6, 6.07) is -0.546. The van der Waals surface area contributed by atoms with Gasteiger partial charge in [0.15, 0.2) is 0 Å². The average molecular weight is 931 g/mol. The molecule has 0 aliphatic rings. The van der Waals surface area contributed by atoms with Crippen LogP contribution in [-0.4, -0.2) is 47.4 Å². The molecule has 0 saturated heterocycles. The third-order valence-corrected chi connectivity index (χ3v) is 13.7. The zero-order valence-electron chi connectivity index (χ0n) is 44.4. The Morgan fingerprint density at radius 3 is 1.08 bits per heavy atom. The van der Waals surface area contributed by atoms with Gasteiger partial charge in [-0.05, 0) is 77.0 Å². The Balaban J connectivity index is 3.42. The Morgan fingerprint density at radius 2 is 0.712 bits per heavy atom. The summed E-state index contributed by atoms with van der Waals surface area (Å²) in [4.78, 5) is 24.5. The standard InChI is InChI=1S/C60H115NO5/c1-3-5-7-9-11-13-15-17-28-32-36-40-44-48-52-58(63)57(56-62)61-59(64)53-49-45-41-37-33-29-26-24-22-20-19-21-23-25-27-31-35-39-43-47-51-55-66-60(65)54-50-46-42-38-34-30-18-16-14-12-10-8-6-4-2/h16,18,20,22,57-58,62-63H,3-15,17,19,21,23-56H2,1-2H3,(H,61,64)/b18-16-,22-20-. The summed E-state index contributed by atoms with van der Waals surface area (Å²) in [5.41, 5.74) is 0. The highest BCUT2D eigenvalue weighted by molar-refractivity contribution is 5.76. The molecule has 2 atom stereocenters. The smallest absolute Gasteiger partial charge is 0.305 e. The lowest BCUT2D eigenvalue weighted by atomic mass is 10.0. The number of ether oxygens (including phenoxy) is 1. The highest BCUT2D eigenvalue weighted by atomic mass is 16.5. The lowest BCUT2D eigenvalue weighted by Crippen LogP contribution is -2.45. The summed E-state index contributed by atoms with van der Waals surface area (Å²) in [6.45, 7) is 4.94. The van der Waals surface area contributed by atoms with E-state index in [1.807, 2.05) is 0 Å². The van der Waals surface area contributed by atoms with Gasteiger partial charge >= 0.3 is 5.97 Å². The number of nitrogens with one attached hydrogen (secondary N) is 1. The molecule has 0 rings (SSSR count). The molecule has 66 heavy (non-hydrogen) atoms. The van der Waals surface area contributed by atoms with E-state index in [-0.39, 0.29) is 18.5 Å². The fourth-order valence-corrected chi connectivity index (χ4v) is 9.16. The van der Waals surface area contributed by atoms with E-state index in [9.17, 15) is 19.8 Å². The number of aliphatic hydroxyl groups excluding tert-OH is 2. The molecule has 0 bridgehead atoms. The second kappa shape index (κ2) is 55.9. The number of amides is 1. The minimum Gasteiger partial charge on any atom is -0.466 e. The summed E-state index contributed by atoms with van der Waals surface area (Å²) in [7, 11) is 0. The molecular formula is C60H115NO5. The molecule has 0 saturated carbocycles. The van der Waals surface area contributed by atoms with Gasteiger partial charge in [-0.2, -0.15) is 0 Å². The molecular weight excluding hydrogens is 815 g/mol. The van der Waals surface area contributed by atoms with E-state index in [0.717, 1.165) is 44.9 Å². The van der Waals surface area contributed by atoms with Crippen LogP contribution < -0.4 is 5.32 Å². The van der Waals surface area contributed by atoms with E-state index in [0.29, 0.717) is 25.9 Å². The summed E-state index contributed by atoms with van der Waals surface area (Å²) < 4.78 is 5.47. The Bertz CT molecular complexity index is 1030. The van der Waals surface area contributed by atoms with Crippen molar-refractivity contribution in [3.05, 3.63) is 24.3 Å². The first-order valence-electron chi connectivity index (χ1n) is 29.6. The quantitative estimate of drug-likeness (QED) is 0.0321. The first kappa shape index (κ1) is 64.3. The van der Waals surface area contributed by atoms with Crippen LogP contribution in [0.5, 0.6) is 0 Å². The van der Waals surface area contributed by atoms with Gasteiger partial charge in [0, 0.05) is 12.8 Å². The van der Waals surface area contributed by atoms with Crippen molar-refractivity contribution in [3.8, 4) is 0 Å². The number of aliphatic hydroxyl groups is 2. The number of hydrogen-bond donors (Lipinski definition) is 3. The zero-order valence-corrected chi connectivity index (χ0v) is 44.4. The van der Waals surface area contributed by atoms with Gasteiger partial charge < -0.3 is 20.3 Å². The average Bonchev–Trinajstić information content (AvgIpc) is 3.32. The second-order valence-corrected chi connectivity index (χ2v) is 20.3. The summed E-state index contributed by atoms with van der Waals surface area (Å²) in [6.07, 6.45) is 67.4. The van der Waals surface area contributed by atoms with Crippen LogP contribution in [0.15, 0.2) is 24.3 Å². The van der Waals surface area contributed by atoms with Gasteiger partial charge in [0.1, 0.15) is 0 Å². The first-order valence-corrected chi connectivity index (χ1v) is 29.6. The molecule has 0 fully saturated rings.